The molecule has 0 saturated carbocycles. The Morgan fingerprint density at radius 1 is 1.12 bits per heavy atom. The number of hydrogen-bond acceptors (Lipinski definition) is 4. The number of aryl methyl sites for hydroxylation is 1. The molecule has 2 aromatic heterocycles. The molecule has 5 rings (SSSR count). The number of ether oxygens (including phenoxy) is 1. The summed E-state index contributed by atoms with van der Waals surface area (Å²) in [5.74, 6) is -0.651. The minimum Gasteiger partial charge on any atom is -0.379 e. The van der Waals surface area contributed by atoms with Gasteiger partial charge in [-0.2, -0.15) is 0 Å². The van der Waals surface area contributed by atoms with E-state index >= 15 is 0 Å². The van der Waals surface area contributed by atoms with Crippen molar-refractivity contribution in [3.63, 3.8) is 0 Å². The van der Waals surface area contributed by atoms with Crippen LogP contribution >= 0.6 is 0 Å². The maximum absolute atomic E-state index is 13.2. The number of aromatic amines is 1. The second-order valence-electron chi connectivity index (χ2n) is 8.19. The van der Waals surface area contributed by atoms with Crippen molar-refractivity contribution in [2.75, 3.05) is 31.6 Å². The van der Waals surface area contributed by atoms with E-state index in [1.165, 1.54) is 24.3 Å². The second kappa shape index (κ2) is 9.13. The van der Waals surface area contributed by atoms with Gasteiger partial charge in [0, 0.05) is 52.7 Å². The topological polar surface area (TPSA) is 70.2 Å². The Hall–Kier alpha value is -3.55. The molecule has 0 bridgehead atoms. The molecule has 3 heterocycles. The van der Waals surface area contributed by atoms with Gasteiger partial charge in [-0.05, 0) is 61.5 Å². The number of rotatable bonds is 5. The van der Waals surface area contributed by atoms with Crippen molar-refractivity contribution in [2.24, 2.45) is 0 Å². The molecular formula is C26H25FN4O2. The van der Waals surface area contributed by atoms with Gasteiger partial charge >= 0.3 is 0 Å². The van der Waals surface area contributed by atoms with E-state index < -0.39 is 0 Å². The number of amides is 1. The van der Waals surface area contributed by atoms with Gasteiger partial charge in [0.25, 0.3) is 5.91 Å². The lowest BCUT2D eigenvalue weighted by Crippen LogP contribution is -2.40. The molecule has 0 spiro atoms. The molecule has 1 aliphatic rings. The van der Waals surface area contributed by atoms with E-state index in [1.54, 1.807) is 0 Å². The molecule has 0 unspecified atom stereocenters. The van der Waals surface area contributed by atoms with Crippen LogP contribution in [-0.4, -0.2) is 47.1 Å². The Labute approximate surface area is 191 Å². The molecule has 2 N–H and O–H groups in total. The lowest BCUT2D eigenvalue weighted by atomic mass is 9.97. The van der Waals surface area contributed by atoms with Crippen LogP contribution in [0.3, 0.4) is 0 Å². The fraction of sp³-hybridized carbons (Fsp3) is 0.231. The number of aromatic nitrogens is 2. The molecule has 1 saturated heterocycles. The highest BCUT2D eigenvalue weighted by Gasteiger charge is 2.29. The summed E-state index contributed by atoms with van der Waals surface area (Å²) in [7, 11) is 0. The number of nitrogens with zero attached hydrogens (tertiary/aromatic N) is 2. The number of hydrogen-bond donors (Lipinski definition) is 2. The summed E-state index contributed by atoms with van der Waals surface area (Å²) in [4.78, 5) is 23.2. The van der Waals surface area contributed by atoms with Crippen molar-refractivity contribution >= 4 is 22.5 Å². The van der Waals surface area contributed by atoms with Crippen molar-refractivity contribution in [1.82, 2.24) is 14.9 Å². The van der Waals surface area contributed by atoms with Crippen LogP contribution in [0.2, 0.25) is 0 Å². The van der Waals surface area contributed by atoms with E-state index in [0.29, 0.717) is 24.5 Å². The van der Waals surface area contributed by atoms with Crippen LogP contribution in [0.15, 0.2) is 66.9 Å². The summed E-state index contributed by atoms with van der Waals surface area (Å²) in [5, 5.41) is 3.97. The smallest absolute Gasteiger partial charge is 0.255 e. The third-order valence-corrected chi connectivity index (χ3v) is 6.05. The van der Waals surface area contributed by atoms with Crippen LogP contribution in [-0.2, 0) is 4.74 Å². The van der Waals surface area contributed by atoms with E-state index in [-0.39, 0.29) is 17.8 Å². The number of carbonyl (C=O) groups is 1. The number of benzene rings is 2. The Morgan fingerprint density at radius 2 is 1.91 bits per heavy atom. The van der Waals surface area contributed by atoms with Crippen molar-refractivity contribution in [3.05, 3.63) is 95.2 Å². The first-order valence-electron chi connectivity index (χ1n) is 11.0. The minimum absolute atomic E-state index is 0.0353. The Balaban J connectivity index is 1.54. The standard InChI is InChI=1S/C26H25FN4O2/c1-17-24(25(23-4-2-3-11-28-23)31-12-14-33-15-13-31)21-16-20(9-10-22(21)29-17)30-26(32)18-5-7-19(27)8-6-18/h2-11,16,25,29H,12-15H2,1H3,(H,30,32)/t25-/m0/s1. The van der Waals surface area contributed by atoms with Gasteiger partial charge < -0.3 is 15.0 Å². The fourth-order valence-electron chi connectivity index (χ4n) is 4.47. The third kappa shape index (κ3) is 4.37. The quantitative estimate of drug-likeness (QED) is 0.469. The Morgan fingerprint density at radius 3 is 2.64 bits per heavy atom. The van der Waals surface area contributed by atoms with Gasteiger partial charge in [-0.25, -0.2) is 4.39 Å². The highest BCUT2D eigenvalue weighted by atomic mass is 19.1. The van der Waals surface area contributed by atoms with Gasteiger partial charge in [-0.1, -0.05) is 6.07 Å². The van der Waals surface area contributed by atoms with Crippen molar-refractivity contribution < 1.29 is 13.9 Å². The molecule has 1 fully saturated rings. The Kier molecular flexibility index (Phi) is 5.90. The van der Waals surface area contributed by atoms with E-state index in [0.717, 1.165) is 40.9 Å². The number of anilines is 1. The van der Waals surface area contributed by atoms with Crippen LogP contribution in [0.4, 0.5) is 10.1 Å². The molecular weight excluding hydrogens is 419 g/mol. The molecule has 7 heteroatoms. The number of fused-ring (bicyclic) bond motifs is 1. The Bertz CT molecular complexity index is 1260. The van der Waals surface area contributed by atoms with Gasteiger partial charge in [0.2, 0.25) is 0 Å². The van der Waals surface area contributed by atoms with Gasteiger partial charge in [-0.3, -0.25) is 14.7 Å². The van der Waals surface area contributed by atoms with Gasteiger partial charge in [0.1, 0.15) is 5.82 Å². The molecule has 6 nitrogen and oxygen atoms in total. The highest BCUT2D eigenvalue weighted by molar-refractivity contribution is 6.05. The van der Waals surface area contributed by atoms with Crippen molar-refractivity contribution in [1.29, 1.82) is 0 Å². The van der Waals surface area contributed by atoms with Crippen LogP contribution < -0.4 is 5.32 Å². The number of pyridine rings is 1. The van der Waals surface area contributed by atoms with Crippen LogP contribution in [0, 0.1) is 12.7 Å². The summed E-state index contributed by atoms with van der Waals surface area (Å²) < 4.78 is 18.8. The van der Waals surface area contributed by atoms with Gasteiger partial charge in [0.05, 0.1) is 24.9 Å². The number of H-pyrrole nitrogens is 1. The monoisotopic (exact) mass is 444 g/mol. The normalized spacial score (nSPS) is 15.5. The maximum atomic E-state index is 13.2. The zero-order valence-electron chi connectivity index (χ0n) is 18.3. The van der Waals surface area contributed by atoms with Crippen LogP contribution in [0.25, 0.3) is 10.9 Å². The second-order valence-corrected chi connectivity index (χ2v) is 8.19. The molecule has 1 amide bonds. The summed E-state index contributed by atoms with van der Waals surface area (Å²) in [6, 6.07) is 17.3. The van der Waals surface area contributed by atoms with E-state index in [1.807, 2.05) is 36.5 Å². The molecule has 1 atom stereocenters. The summed E-state index contributed by atoms with van der Waals surface area (Å²) in [6.07, 6.45) is 1.82. The van der Waals surface area contributed by atoms with E-state index in [2.05, 4.69) is 33.2 Å². The highest BCUT2D eigenvalue weighted by Crippen LogP contribution is 2.37. The van der Waals surface area contributed by atoms with Crippen molar-refractivity contribution in [3.8, 4) is 0 Å². The average molecular weight is 445 g/mol. The van der Waals surface area contributed by atoms with E-state index in [9.17, 15) is 9.18 Å². The van der Waals surface area contributed by atoms with Gasteiger partial charge in [-0.15, -0.1) is 0 Å². The molecule has 0 radical (unpaired) electrons. The molecule has 2 aromatic carbocycles. The maximum Gasteiger partial charge on any atom is 0.255 e. The summed E-state index contributed by atoms with van der Waals surface area (Å²) in [5.41, 5.74) is 5.26. The van der Waals surface area contributed by atoms with Gasteiger partial charge in [0.15, 0.2) is 0 Å². The summed E-state index contributed by atoms with van der Waals surface area (Å²) in [6.45, 7) is 5.07. The zero-order valence-corrected chi connectivity index (χ0v) is 18.3. The lowest BCUT2D eigenvalue weighted by Gasteiger charge is -2.34. The molecule has 33 heavy (non-hydrogen) atoms. The van der Waals surface area contributed by atoms with Crippen molar-refractivity contribution in [2.45, 2.75) is 13.0 Å². The number of morpholine rings is 1. The fourth-order valence-corrected chi connectivity index (χ4v) is 4.47. The lowest BCUT2D eigenvalue weighted by molar-refractivity contribution is 0.0234. The van der Waals surface area contributed by atoms with Crippen LogP contribution in [0.1, 0.15) is 33.4 Å². The number of carbonyl (C=O) groups excluding carboxylic acids is 1. The average Bonchev–Trinajstić information content (AvgIpc) is 3.16. The third-order valence-electron chi connectivity index (χ3n) is 6.05. The SMILES string of the molecule is Cc1[nH]c2ccc(NC(=O)c3ccc(F)cc3)cc2c1[C@H](c1ccccn1)N1CCOCC1. The molecule has 1 aliphatic heterocycles. The van der Waals surface area contributed by atoms with Crippen LogP contribution in [0.5, 0.6) is 0 Å². The minimum atomic E-state index is -0.371. The predicted octanol–water partition coefficient (Wildman–Crippen LogP) is 4.68. The largest absolute Gasteiger partial charge is 0.379 e. The first-order valence-corrected chi connectivity index (χ1v) is 11.0. The molecule has 4 aromatic rings. The first kappa shape index (κ1) is 21.3. The number of nitrogens with one attached hydrogen (secondary N) is 2. The summed E-state index contributed by atoms with van der Waals surface area (Å²) >= 11 is 0. The number of halogens is 1. The first-order chi connectivity index (χ1) is 16.1. The predicted molar refractivity (Wildman–Crippen MR) is 126 cm³/mol. The molecule has 168 valence electrons. The zero-order chi connectivity index (χ0) is 22.8. The molecule has 0 aliphatic carbocycles. The van der Waals surface area contributed by atoms with E-state index in [4.69, 9.17) is 4.74 Å².